The summed E-state index contributed by atoms with van der Waals surface area (Å²) >= 11 is 3.48. The fourth-order valence-electron chi connectivity index (χ4n) is 3.55. The Morgan fingerprint density at radius 3 is 3.04 bits per heavy atom. The first-order chi connectivity index (χ1) is 11.2. The molecule has 0 radical (unpaired) electrons. The number of ether oxygens (including phenoxy) is 1. The molecule has 0 spiro atoms. The lowest BCUT2D eigenvalue weighted by Gasteiger charge is -2.13. The van der Waals surface area contributed by atoms with Crippen molar-refractivity contribution in [1.82, 2.24) is 14.1 Å². The number of rotatable bonds is 3. The summed E-state index contributed by atoms with van der Waals surface area (Å²) in [5, 5.41) is 0. The summed E-state index contributed by atoms with van der Waals surface area (Å²) in [4.78, 5) is 17.6. The van der Waals surface area contributed by atoms with Gasteiger partial charge in [0.25, 0.3) is 0 Å². The molecule has 2 aliphatic rings. The van der Waals surface area contributed by atoms with Gasteiger partial charge in [0.1, 0.15) is 0 Å². The number of imidazole rings is 1. The van der Waals surface area contributed by atoms with Gasteiger partial charge in [0.15, 0.2) is 5.65 Å². The third-order valence-electron chi connectivity index (χ3n) is 4.76. The number of nitrogens with zero attached hydrogens (tertiary/aromatic N) is 3. The van der Waals surface area contributed by atoms with Gasteiger partial charge in [-0.2, -0.15) is 0 Å². The molecule has 2 aromatic heterocycles. The van der Waals surface area contributed by atoms with Gasteiger partial charge in [0.2, 0.25) is 0 Å². The van der Waals surface area contributed by atoms with Crippen molar-refractivity contribution >= 4 is 32.8 Å². The standard InChI is InChI=1S/C17H20BrN3O2/c18-13-8-15-16(19-9-13)21(14-4-2-1-3-5-14)17(22)20(15)10-12-6-7-23-11-12/h4,8-9,12H,1-3,5-7,10-11H2. The van der Waals surface area contributed by atoms with E-state index in [-0.39, 0.29) is 5.69 Å². The maximum absolute atomic E-state index is 13.1. The van der Waals surface area contributed by atoms with Gasteiger partial charge in [0, 0.05) is 35.4 Å². The largest absolute Gasteiger partial charge is 0.381 e. The van der Waals surface area contributed by atoms with Gasteiger partial charge in [-0.05, 0) is 54.1 Å². The molecular weight excluding hydrogens is 358 g/mol. The predicted molar refractivity (Wildman–Crippen MR) is 93.4 cm³/mol. The predicted octanol–water partition coefficient (Wildman–Crippen LogP) is 3.41. The number of pyridine rings is 1. The highest BCUT2D eigenvalue weighted by atomic mass is 79.9. The highest BCUT2D eigenvalue weighted by Gasteiger charge is 2.23. The van der Waals surface area contributed by atoms with E-state index in [2.05, 4.69) is 27.0 Å². The molecular formula is C17H20BrN3O2. The third-order valence-corrected chi connectivity index (χ3v) is 5.19. The molecule has 6 heteroatoms. The Kier molecular flexibility index (Phi) is 4.11. The van der Waals surface area contributed by atoms with Gasteiger partial charge in [-0.25, -0.2) is 14.3 Å². The highest BCUT2D eigenvalue weighted by Crippen LogP contribution is 2.26. The molecule has 0 amide bonds. The molecule has 3 heterocycles. The molecule has 0 N–H and O–H groups in total. The molecule has 1 atom stereocenters. The highest BCUT2D eigenvalue weighted by molar-refractivity contribution is 9.10. The summed E-state index contributed by atoms with van der Waals surface area (Å²) in [7, 11) is 0. The third kappa shape index (κ3) is 2.78. The van der Waals surface area contributed by atoms with E-state index in [1.54, 1.807) is 6.20 Å². The molecule has 2 aromatic rings. The van der Waals surface area contributed by atoms with E-state index in [0.29, 0.717) is 12.5 Å². The Balaban J connectivity index is 1.87. The Hall–Kier alpha value is -1.40. The van der Waals surface area contributed by atoms with Crippen LogP contribution in [0.4, 0.5) is 0 Å². The van der Waals surface area contributed by atoms with E-state index >= 15 is 0 Å². The van der Waals surface area contributed by atoms with Crippen molar-refractivity contribution in [3.05, 3.63) is 33.3 Å². The minimum absolute atomic E-state index is 0.0330. The van der Waals surface area contributed by atoms with E-state index in [4.69, 9.17) is 4.74 Å². The smallest absolute Gasteiger partial charge is 0.334 e. The average molecular weight is 378 g/mol. The quantitative estimate of drug-likeness (QED) is 0.823. The molecule has 1 fully saturated rings. The van der Waals surface area contributed by atoms with Crippen molar-refractivity contribution in [1.29, 1.82) is 0 Å². The second-order valence-corrected chi connectivity index (χ2v) is 7.31. The Bertz CT molecular complexity index is 815. The fraction of sp³-hybridized carbons (Fsp3) is 0.529. The van der Waals surface area contributed by atoms with Crippen LogP contribution in [0.5, 0.6) is 0 Å². The van der Waals surface area contributed by atoms with Crippen molar-refractivity contribution < 1.29 is 4.74 Å². The number of allylic oxidation sites excluding steroid dienone is 2. The molecule has 4 rings (SSSR count). The van der Waals surface area contributed by atoms with Crippen molar-refractivity contribution in [2.75, 3.05) is 13.2 Å². The molecule has 0 aromatic carbocycles. The monoisotopic (exact) mass is 377 g/mol. The van der Waals surface area contributed by atoms with Gasteiger partial charge >= 0.3 is 5.69 Å². The average Bonchev–Trinajstić information content (AvgIpc) is 3.16. The SMILES string of the molecule is O=c1n(CC2CCOC2)c2cc(Br)cnc2n1C1=CCCCC1. The van der Waals surface area contributed by atoms with Crippen LogP contribution in [0.1, 0.15) is 32.1 Å². The number of aromatic nitrogens is 3. The summed E-state index contributed by atoms with van der Waals surface area (Å²) in [5.41, 5.74) is 2.81. The Morgan fingerprint density at radius 2 is 2.30 bits per heavy atom. The topological polar surface area (TPSA) is 49.1 Å². The van der Waals surface area contributed by atoms with Crippen LogP contribution in [-0.4, -0.2) is 27.3 Å². The lowest BCUT2D eigenvalue weighted by molar-refractivity contribution is 0.182. The molecule has 1 saturated heterocycles. The van der Waals surface area contributed by atoms with Gasteiger partial charge in [-0.1, -0.05) is 6.08 Å². The normalized spacial score (nSPS) is 21.8. The van der Waals surface area contributed by atoms with Crippen LogP contribution in [0.2, 0.25) is 0 Å². The van der Waals surface area contributed by atoms with Crippen LogP contribution < -0.4 is 5.69 Å². The summed E-state index contributed by atoms with van der Waals surface area (Å²) in [6, 6.07) is 2.00. The van der Waals surface area contributed by atoms with E-state index < -0.39 is 0 Å². The molecule has 122 valence electrons. The van der Waals surface area contributed by atoms with Crippen LogP contribution in [0.3, 0.4) is 0 Å². The van der Waals surface area contributed by atoms with Gasteiger partial charge in [-0.3, -0.25) is 4.57 Å². The van der Waals surface area contributed by atoms with Crippen LogP contribution in [0.25, 0.3) is 16.9 Å². The first kappa shape index (κ1) is 15.1. The molecule has 1 aliphatic heterocycles. The lowest BCUT2D eigenvalue weighted by atomic mass is 10.0. The molecule has 0 bridgehead atoms. The van der Waals surface area contributed by atoms with Crippen LogP contribution >= 0.6 is 15.9 Å². The molecule has 1 unspecified atom stereocenters. The van der Waals surface area contributed by atoms with Crippen molar-refractivity contribution in [3.8, 4) is 0 Å². The fourth-order valence-corrected chi connectivity index (χ4v) is 3.87. The van der Waals surface area contributed by atoms with Crippen LogP contribution in [0.15, 0.2) is 27.6 Å². The molecule has 0 saturated carbocycles. The second-order valence-electron chi connectivity index (χ2n) is 6.40. The van der Waals surface area contributed by atoms with Crippen molar-refractivity contribution in [2.45, 2.75) is 38.6 Å². The summed E-state index contributed by atoms with van der Waals surface area (Å²) in [5.74, 6) is 0.408. The zero-order valence-corrected chi connectivity index (χ0v) is 14.6. The maximum atomic E-state index is 13.1. The number of hydrogen-bond acceptors (Lipinski definition) is 3. The number of halogens is 1. The minimum atomic E-state index is 0.0330. The Labute approximate surface area is 143 Å². The Morgan fingerprint density at radius 1 is 1.39 bits per heavy atom. The van der Waals surface area contributed by atoms with Crippen LogP contribution in [0, 0.1) is 5.92 Å². The molecule has 23 heavy (non-hydrogen) atoms. The number of fused-ring (bicyclic) bond motifs is 1. The van der Waals surface area contributed by atoms with Crippen molar-refractivity contribution in [2.24, 2.45) is 5.92 Å². The van der Waals surface area contributed by atoms with E-state index in [1.807, 2.05) is 15.2 Å². The van der Waals surface area contributed by atoms with E-state index in [1.165, 1.54) is 6.42 Å². The van der Waals surface area contributed by atoms with Crippen LogP contribution in [-0.2, 0) is 11.3 Å². The zero-order chi connectivity index (χ0) is 15.8. The van der Waals surface area contributed by atoms with Gasteiger partial charge in [0.05, 0.1) is 12.1 Å². The van der Waals surface area contributed by atoms with Gasteiger partial charge in [-0.15, -0.1) is 0 Å². The summed E-state index contributed by atoms with van der Waals surface area (Å²) in [6.45, 7) is 2.24. The first-order valence-electron chi connectivity index (χ1n) is 8.28. The maximum Gasteiger partial charge on any atom is 0.334 e. The van der Waals surface area contributed by atoms with Gasteiger partial charge < -0.3 is 4.74 Å². The van der Waals surface area contributed by atoms with Crippen molar-refractivity contribution in [3.63, 3.8) is 0 Å². The number of hydrogen-bond donors (Lipinski definition) is 0. The molecule has 1 aliphatic carbocycles. The minimum Gasteiger partial charge on any atom is -0.381 e. The summed E-state index contributed by atoms with van der Waals surface area (Å²) in [6.07, 6.45) is 9.31. The summed E-state index contributed by atoms with van der Waals surface area (Å²) < 4.78 is 10.1. The van der Waals surface area contributed by atoms with E-state index in [0.717, 1.165) is 60.2 Å². The first-order valence-corrected chi connectivity index (χ1v) is 9.07. The van der Waals surface area contributed by atoms with E-state index in [9.17, 15) is 4.79 Å². The zero-order valence-electron chi connectivity index (χ0n) is 13.0. The second kappa shape index (κ2) is 6.24. The lowest BCUT2D eigenvalue weighted by Crippen LogP contribution is -2.27. The molecule has 5 nitrogen and oxygen atoms in total.